The molecular weight excluding hydrogens is 382 g/mol. The molecule has 1 N–H and O–H groups in total. The lowest BCUT2D eigenvalue weighted by atomic mass is 9.46. The van der Waals surface area contributed by atoms with Crippen LogP contribution < -0.4 is 0 Å². The van der Waals surface area contributed by atoms with Crippen LogP contribution in [0.1, 0.15) is 76.3 Å². The van der Waals surface area contributed by atoms with E-state index in [1.807, 2.05) is 18.2 Å². The quantitative estimate of drug-likeness (QED) is 0.597. The van der Waals surface area contributed by atoms with E-state index in [-0.39, 0.29) is 10.8 Å². The van der Waals surface area contributed by atoms with Gasteiger partial charge in [-0.2, -0.15) is 5.26 Å². The van der Waals surface area contributed by atoms with Crippen molar-refractivity contribution in [2.45, 2.75) is 70.8 Å². The minimum absolute atomic E-state index is 0.160. The van der Waals surface area contributed by atoms with Gasteiger partial charge in [-0.05, 0) is 98.5 Å². The Balaban J connectivity index is 1.43. The van der Waals surface area contributed by atoms with E-state index in [1.165, 1.54) is 5.57 Å². The number of hydrogen-bond acceptors (Lipinski definition) is 3. The lowest BCUT2D eigenvalue weighted by Crippen LogP contribution is -2.54. The van der Waals surface area contributed by atoms with Crippen LogP contribution in [-0.2, 0) is 4.79 Å². The smallest absolute Gasteiger partial charge is 0.155 e. The third-order valence-corrected chi connectivity index (χ3v) is 9.54. The van der Waals surface area contributed by atoms with Crippen molar-refractivity contribution in [1.82, 2.24) is 0 Å². The third kappa shape index (κ3) is 3.01. The van der Waals surface area contributed by atoms with Gasteiger partial charge in [0.15, 0.2) is 5.78 Å². The molecular formula is C28H31NO2. The number of allylic oxidation sites excluding steroid dienone is 1. The Labute approximate surface area is 185 Å². The molecule has 0 spiro atoms. The van der Waals surface area contributed by atoms with Crippen molar-refractivity contribution >= 4 is 5.78 Å². The molecule has 0 amide bonds. The maximum absolute atomic E-state index is 12.0. The van der Waals surface area contributed by atoms with Crippen LogP contribution in [0, 0.1) is 51.8 Å². The van der Waals surface area contributed by atoms with Gasteiger partial charge in [-0.1, -0.05) is 31.3 Å². The molecule has 0 unspecified atom stereocenters. The number of carbonyl (C=O) groups excluding carboxylic acids is 1. The molecule has 0 saturated heterocycles. The summed E-state index contributed by atoms with van der Waals surface area (Å²) in [5.74, 6) is 8.52. The van der Waals surface area contributed by atoms with Gasteiger partial charge in [0.25, 0.3) is 0 Å². The van der Waals surface area contributed by atoms with E-state index in [0.717, 1.165) is 50.5 Å². The summed E-state index contributed by atoms with van der Waals surface area (Å²) >= 11 is 0. The average Bonchev–Trinajstić information content (AvgIpc) is 3.04. The molecule has 0 bridgehead atoms. The average molecular weight is 414 g/mol. The summed E-state index contributed by atoms with van der Waals surface area (Å²) in [6, 6.07) is 9.42. The second kappa shape index (κ2) is 7.08. The third-order valence-electron chi connectivity index (χ3n) is 9.54. The number of nitrogens with zero attached hydrogens (tertiary/aromatic N) is 1. The molecule has 1 aromatic rings. The molecule has 0 heterocycles. The van der Waals surface area contributed by atoms with Gasteiger partial charge in [0.1, 0.15) is 5.60 Å². The van der Waals surface area contributed by atoms with Crippen LogP contribution in [0.4, 0.5) is 0 Å². The first-order valence-electron chi connectivity index (χ1n) is 11.8. The predicted octanol–water partition coefficient (Wildman–Crippen LogP) is 5.17. The fourth-order valence-corrected chi connectivity index (χ4v) is 7.58. The highest BCUT2D eigenvalue weighted by atomic mass is 16.3. The highest BCUT2D eigenvalue weighted by molar-refractivity contribution is 5.91. The van der Waals surface area contributed by atoms with Gasteiger partial charge < -0.3 is 5.11 Å². The van der Waals surface area contributed by atoms with Crippen molar-refractivity contribution in [3.05, 3.63) is 47.0 Å². The number of hydrogen-bond donors (Lipinski definition) is 1. The van der Waals surface area contributed by atoms with Crippen molar-refractivity contribution in [2.24, 2.45) is 28.6 Å². The summed E-state index contributed by atoms with van der Waals surface area (Å²) in [5, 5.41) is 20.7. The Kier molecular flexibility index (Phi) is 4.69. The van der Waals surface area contributed by atoms with Gasteiger partial charge >= 0.3 is 0 Å². The van der Waals surface area contributed by atoms with E-state index < -0.39 is 5.60 Å². The molecule has 4 aliphatic rings. The molecule has 3 heteroatoms. The van der Waals surface area contributed by atoms with E-state index >= 15 is 0 Å². The van der Waals surface area contributed by atoms with E-state index in [2.05, 4.69) is 31.8 Å². The Morgan fingerprint density at radius 2 is 1.68 bits per heavy atom. The van der Waals surface area contributed by atoms with Crippen LogP contribution in [0.25, 0.3) is 0 Å². The number of carbonyl (C=O) groups is 1. The van der Waals surface area contributed by atoms with Gasteiger partial charge in [0.05, 0.1) is 11.6 Å². The van der Waals surface area contributed by atoms with Crippen molar-refractivity contribution in [3.63, 3.8) is 0 Å². The van der Waals surface area contributed by atoms with Crippen LogP contribution in [0.5, 0.6) is 0 Å². The predicted molar refractivity (Wildman–Crippen MR) is 120 cm³/mol. The minimum atomic E-state index is -0.962. The van der Waals surface area contributed by atoms with E-state index in [4.69, 9.17) is 5.26 Å². The number of ketones is 1. The number of aliphatic hydroxyl groups is 1. The number of fused-ring (bicyclic) bond motifs is 5. The lowest BCUT2D eigenvalue weighted by Gasteiger charge is -2.58. The fraction of sp³-hybridized carbons (Fsp3) is 0.571. The summed E-state index contributed by atoms with van der Waals surface area (Å²) in [7, 11) is 0. The second-order valence-electron chi connectivity index (χ2n) is 10.8. The van der Waals surface area contributed by atoms with Gasteiger partial charge in [-0.3, -0.25) is 4.79 Å². The number of benzene rings is 1. The maximum atomic E-state index is 12.0. The fourth-order valence-electron chi connectivity index (χ4n) is 7.58. The summed E-state index contributed by atoms with van der Waals surface area (Å²) in [5.41, 5.74) is 1.88. The first-order valence-corrected chi connectivity index (χ1v) is 11.8. The lowest BCUT2D eigenvalue weighted by molar-refractivity contribution is -0.119. The van der Waals surface area contributed by atoms with Crippen LogP contribution >= 0.6 is 0 Å². The first kappa shape index (κ1) is 20.5. The zero-order valence-electron chi connectivity index (χ0n) is 18.6. The molecule has 31 heavy (non-hydrogen) atoms. The monoisotopic (exact) mass is 413 g/mol. The maximum Gasteiger partial charge on any atom is 0.155 e. The molecule has 0 aromatic heterocycles. The standard InChI is InChI=1S/C28H31NO2/c1-26-13-10-22(30)17-21(26)7-8-23-24(26)11-14-27(2)25(23)12-16-28(27,31)15-9-19-3-5-20(18-29)6-4-19/h3-6,17,23-25,31H,7-8,10-14,16H2,1-2H3/t23-,24+,25+,26+,27+,28+/m1/s1. The summed E-state index contributed by atoms with van der Waals surface area (Å²) in [4.78, 5) is 12.0. The molecule has 0 aliphatic heterocycles. The van der Waals surface area contributed by atoms with E-state index in [1.54, 1.807) is 12.1 Å². The Morgan fingerprint density at radius 1 is 0.968 bits per heavy atom. The molecule has 4 aliphatic carbocycles. The zero-order chi connectivity index (χ0) is 21.9. The van der Waals surface area contributed by atoms with Crippen molar-refractivity contribution in [2.75, 3.05) is 0 Å². The molecule has 6 atom stereocenters. The van der Waals surface area contributed by atoms with Gasteiger partial charge in [0.2, 0.25) is 0 Å². The van der Waals surface area contributed by atoms with Gasteiger partial charge in [0, 0.05) is 17.4 Å². The molecule has 3 saturated carbocycles. The van der Waals surface area contributed by atoms with Crippen molar-refractivity contribution in [3.8, 4) is 17.9 Å². The Bertz CT molecular complexity index is 1050. The van der Waals surface area contributed by atoms with Crippen LogP contribution in [0.15, 0.2) is 35.9 Å². The largest absolute Gasteiger partial charge is 0.377 e. The van der Waals surface area contributed by atoms with Crippen LogP contribution in [0.3, 0.4) is 0 Å². The van der Waals surface area contributed by atoms with Crippen LogP contribution in [0.2, 0.25) is 0 Å². The Hall–Kier alpha value is -2.36. The van der Waals surface area contributed by atoms with Crippen molar-refractivity contribution in [1.29, 1.82) is 5.26 Å². The summed E-state index contributed by atoms with van der Waals surface area (Å²) in [6.07, 6.45) is 9.68. The molecule has 0 radical (unpaired) electrons. The minimum Gasteiger partial charge on any atom is -0.377 e. The number of nitriles is 1. The molecule has 3 nitrogen and oxygen atoms in total. The molecule has 3 fully saturated rings. The molecule has 1 aromatic carbocycles. The SMILES string of the molecule is C[C@]12CCC(=O)C=C1CC[C@@H]1[C@@H]2CC[C@@]2(C)[C@H]1CC[C@@]2(O)C#Cc1ccc(C#N)cc1. The molecule has 160 valence electrons. The zero-order valence-corrected chi connectivity index (χ0v) is 18.6. The van der Waals surface area contributed by atoms with Crippen LogP contribution in [-0.4, -0.2) is 16.5 Å². The highest BCUT2D eigenvalue weighted by Crippen LogP contribution is 2.67. The first-order chi connectivity index (χ1) is 14.8. The Morgan fingerprint density at radius 3 is 2.42 bits per heavy atom. The molecule has 5 rings (SSSR count). The highest BCUT2D eigenvalue weighted by Gasteiger charge is 2.63. The van der Waals surface area contributed by atoms with E-state index in [9.17, 15) is 9.90 Å². The number of rotatable bonds is 0. The second-order valence-corrected chi connectivity index (χ2v) is 10.8. The normalized spacial score (nSPS) is 41.0. The van der Waals surface area contributed by atoms with Crippen molar-refractivity contribution < 1.29 is 9.90 Å². The van der Waals surface area contributed by atoms with E-state index in [0.29, 0.717) is 35.5 Å². The van der Waals surface area contributed by atoms with Gasteiger partial charge in [-0.25, -0.2) is 0 Å². The topological polar surface area (TPSA) is 61.1 Å². The summed E-state index contributed by atoms with van der Waals surface area (Å²) in [6.45, 7) is 4.67. The summed E-state index contributed by atoms with van der Waals surface area (Å²) < 4.78 is 0. The van der Waals surface area contributed by atoms with Gasteiger partial charge in [-0.15, -0.1) is 0 Å².